The summed E-state index contributed by atoms with van der Waals surface area (Å²) in [5.74, 6) is 2.55. The molecule has 2 aliphatic rings. The first-order chi connectivity index (χ1) is 19.0. The first kappa shape index (κ1) is 25.1. The van der Waals surface area contributed by atoms with Crippen molar-refractivity contribution in [2.45, 2.75) is 5.92 Å². The van der Waals surface area contributed by atoms with Gasteiger partial charge in [0.1, 0.15) is 24.7 Å². The third-order valence-electron chi connectivity index (χ3n) is 6.41. The minimum Gasteiger partial charge on any atom is -0.486 e. The van der Waals surface area contributed by atoms with Crippen LogP contribution in [0.5, 0.6) is 23.0 Å². The van der Waals surface area contributed by atoms with Gasteiger partial charge in [-0.1, -0.05) is 41.4 Å². The molecule has 0 saturated heterocycles. The fraction of sp³-hybridized carbons (Fsp3) is 0.133. The second-order valence-electron chi connectivity index (χ2n) is 9.04. The Balaban J connectivity index is 1.20. The van der Waals surface area contributed by atoms with Crippen molar-refractivity contribution in [2.75, 3.05) is 25.1 Å². The molecule has 0 fully saturated rings. The van der Waals surface area contributed by atoms with Gasteiger partial charge in [-0.25, -0.2) is 9.80 Å². The van der Waals surface area contributed by atoms with Gasteiger partial charge in [-0.2, -0.15) is 5.10 Å². The van der Waals surface area contributed by atoms with Crippen molar-refractivity contribution in [3.63, 3.8) is 0 Å². The molecule has 4 aromatic rings. The lowest BCUT2D eigenvalue weighted by atomic mass is 9.90. The van der Waals surface area contributed by atoms with Gasteiger partial charge < -0.3 is 19.5 Å². The fourth-order valence-electron chi connectivity index (χ4n) is 4.48. The summed E-state index contributed by atoms with van der Waals surface area (Å²) in [6, 6.07) is 27.2. The molecule has 0 aliphatic carbocycles. The molecule has 7 nitrogen and oxygen atoms in total. The summed E-state index contributed by atoms with van der Waals surface area (Å²) >= 11 is 12.1. The van der Waals surface area contributed by atoms with Crippen LogP contribution < -0.4 is 19.5 Å². The molecule has 1 unspecified atom stereocenters. The molecule has 0 spiro atoms. The number of hydrazone groups is 1. The summed E-state index contributed by atoms with van der Waals surface area (Å²) in [5, 5.41) is 10.4. The van der Waals surface area contributed by atoms with E-state index in [4.69, 9.17) is 42.5 Å². The number of urea groups is 1. The Bertz CT molecular complexity index is 1520. The van der Waals surface area contributed by atoms with Crippen molar-refractivity contribution < 1.29 is 19.0 Å². The maximum absolute atomic E-state index is 13.3. The second kappa shape index (κ2) is 10.9. The lowest BCUT2D eigenvalue weighted by molar-refractivity contribution is 0.171. The van der Waals surface area contributed by atoms with Crippen LogP contribution in [0.15, 0.2) is 96.1 Å². The molecule has 0 radical (unpaired) electrons. The van der Waals surface area contributed by atoms with Crippen LogP contribution in [0.1, 0.15) is 17.0 Å². The molecule has 6 rings (SSSR count). The molecular formula is C30H23Cl2N3O4. The van der Waals surface area contributed by atoms with E-state index in [0.29, 0.717) is 58.5 Å². The topological polar surface area (TPSA) is 72.4 Å². The third-order valence-corrected chi connectivity index (χ3v) is 6.92. The molecule has 1 N–H and O–H groups in total. The van der Waals surface area contributed by atoms with E-state index in [-0.39, 0.29) is 11.9 Å². The molecule has 0 aromatic heterocycles. The normalized spacial score (nSPS) is 16.0. The standard InChI is InChI=1S/C30H23Cl2N3O4/c31-21-4-1-19(2-5-21)29-26(20-3-14-27-28(17-20)38-16-15-37-27)18-35(34-29)30(36)33-23-8-12-25(13-9-23)39-24-10-6-22(32)7-11-24/h1-14,17,26H,15-16,18H2,(H,33,36). The van der Waals surface area contributed by atoms with E-state index in [2.05, 4.69) is 5.32 Å². The van der Waals surface area contributed by atoms with Crippen LogP contribution in [-0.2, 0) is 0 Å². The predicted octanol–water partition coefficient (Wildman–Crippen LogP) is 7.59. The highest BCUT2D eigenvalue weighted by atomic mass is 35.5. The Morgan fingerprint density at radius 2 is 1.44 bits per heavy atom. The largest absolute Gasteiger partial charge is 0.486 e. The van der Waals surface area contributed by atoms with Crippen LogP contribution in [0.4, 0.5) is 10.5 Å². The molecule has 2 aliphatic heterocycles. The van der Waals surface area contributed by atoms with E-state index in [0.717, 1.165) is 16.8 Å². The number of halogens is 2. The van der Waals surface area contributed by atoms with E-state index in [9.17, 15) is 4.79 Å². The van der Waals surface area contributed by atoms with Crippen LogP contribution in [0.2, 0.25) is 10.0 Å². The van der Waals surface area contributed by atoms with Crippen molar-refractivity contribution in [3.8, 4) is 23.0 Å². The predicted molar refractivity (Wildman–Crippen MR) is 152 cm³/mol. The van der Waals surface area contributed by atoms with Gasteiger partial charge in [0.25, 0.3) is 0 Å². The van der Waals surface area contributed by atoms with Crippen molar-refractivity contribution in [1.82, 2.24) is 5.01 Å². The summed E-state index contributed by atoms with van der Waals surface area (Å²) in [7, 11) is 0. The summed E-state index contributed by atoms with van der Waals surface area (Å²) in [6.45, 7) is 1.38. The number of carbonyl (C=O) groups excluding carboxylic acids is 1. The number of nitrogens with zero attached hydrogens (tertiary/aromatic N) is 2. The van der Waals surface area contributed by atoms with Crippen molar-refractivity contribution in [1.29, 1.82) is 0 Å². The molecular weight excluding hydrogens is 537 g/mol. The first-order valence-corrected chi connectivity index (χ1v) is 13.1. The summed E-state index contributed by atoms with van der Waals surface area (Å²) in [5.41, 5.74) is 3.25. The zero-order chi connectivity index (χ0) is 26.8. The third kappa shape index (κ3) is 5.65. The highest BCUT2D eigenvalue weighted by Crippen LogP contribution is 2.37. The van der Waals surface area contributed by atoms with Gasteiger partial charge in [0.15, 0.2) is 11.5 Å². The number of carbonyl (C=O) groups is 1. The minimum absolute atomic E-state index is 0.164. The van der Waals surface area contributed by atoms with Gasteiger partial charge in [-0.15, -0.1) is 0 Å². The number of amides is 2. The van der Waals surface area contributed by atoms with Gasteiger partial charge in [0.2, 0.25) is 0 Å². The number of hydrogen-bond donors (Lipinski definition) is 1. The van der Waals surface area contributed by atoms with Gasteiger partial charge in [0, 0.05) is 21.7 Å². The Kier molecular flexibility index (Phi) is 7.00. The number of nitrogens with one attached hydrogen (secondary N) is 1. The Hall–Kier alpha value is -4.20. The molecule has 0 saturated carbocycles. The number of rotatable bonds is 5. The molecule has 196 valence electrons. The second-order valence-corrected chi connectivity index (χ2v) is 9.91. The highest BCUT2D eigenvalue weighted by molar-refractivity contribution is 6.31. The van der Waals surface area contributed by atoms with E-state index < -0.39 is 0 Å². The Morgan fingerprint density at radius 3 is 2.13 bits per heavy atom. The molecule has 2 heterocycles. The zero-order valence-electron chi connectivity index (χ0n) is 20.6. The van der Waals surface area contributed by atoms with Crippen LogP contribution in [0.25, 0.3) is 0 Å². The van der Waals surface area contributed by atoms with E-state index >= 15 is 0 Å². The van der Waals surface area contributed by atoms with E-state index in [1.165, 1.54) is 5.01 Å². The maximum atomic E-state index is 13.3. The summed E-state index contributed by atoms with van der Waals surface area (Å²) in [4.78, 5) is 13.3. The van der Waals surface area contributed by atoms with Crippen LogP contribution in [-0.4, -0.2) is 36.5 Å². The average Bonchev–Trinajstić information content (AvgIpc) is 3.41. The number of benzene rings is 4. The lowest BCUT2D eigenvalue weighted by Gasteiger charge is -2.21. The monoisotopic (exact) mass is 559 g/mol. The maximum Gasteiger partial charge on any atom is 0.342 e. The SMILES string of the molecule is O=C(Nc1ccc(Oc2ccc(Cl)cc2)cc1)N1CC(c2ccc3c(c2)OCCO3)C(c2ccc(Cl)cc2)=N1. The van der Waals surface area contributed by atoms with Crippen LogP contribution in [0.3, 0.4) is 0 Å². The highest BCUT2D eigenvalue weighted by Gasteiger charge is 2.33. The average molecular weight is 560 g/mol. The molecule has 39 heavy (non-hydrogen) atoms. The number of fused-ring (bicyclic) bond motifs is 1. The van der Waals surface area contributed by atoms with Crippen molar-refractivity contribution in [2.24, 2.45) is 5.10 Å². The molecule has 1 atom stereocenters. The van der Waals surface area contributed by atoms with Crippen LogP contribution in [0, 0.1) is 0 Å². The molecule has 0 bridgehead atoms. The number of ether oxygens (including phenoxy) is 3. The summed E-state index contributed by atoms with van der Waals surface area (Å²) < 4.78 is 17.3. The van der Waals surface area contributed by atoms with Gasteiger partial charge >= 0.3 is 6.03 Å². The Labute approximate surface area is 235 Å². The van der Waals surface area contributed by atoms with Gasteiger partial charge in [-0.3, -0.25) is 0 Å². The zero-order valence-corrected chi connectivity index (χ0v) is 22.2. The molecule has 2 amide bonds. The quantitative estimate of drug-likeness (QED) is 0.273. The number of hydrogen-bond acceptors (Lipinski definition) is 5. The minimum atomic E-state index is -0.340. The molecule has 9 heteroatoms. The van der Waals surface area contributed by atoms with E-state index in [1.807, 2.05) is 42.5 Å². The smallest absolute Gasteiger partial charge is 0.342 e. The summed E-state index contributed by atoms with van der Waals surface area (Å²) in [6.07, 6.45) is 0. The van der Waals surface area contributed by atoms with Gasteiger partial charge in [0.05, 0.1) is 12.3 Å². The lowest BCUT2D eigenvalue weighted by Crippen LogP contribution is -2.30. The number of anilines is 1. The van der Waals surface area contributed by atoms with Crippen LogP contribution >= 0.6 is 23.2 Å². The Morgan fingerprint density at radius 1 is 0.821 bits per heavy atom. The van der Waals surface area contributed by atoms with Crippen molar-refractivity contribution in [3.05, 3.63) is 112 Å². The van der Waals surface area contributed by atoms with Crippen molar-refractivity contribution >= 4 is 40.6 Å². The van der Waals surface area contributed by atoms with E-state index in [1.54, 1.807) is 48.5 Å². The van der Waals surface area contributed by atoms with Gasteiger partial charge in [-0.05, 0) is 83.9 Å². The fourth-order valence-corrected chi connectivity index (χ4v) is 4.73. The first-order valence-electron chi connectivity index (χ1n) is 12.4. The molecule has 4 aromatic carbocycles.